The van der Waals surface area contributed by atoms with Crippen molar-refractivity contribution in [2.75, 3.05) is 25.0 Å². The van der Waals surface area contributed by atoms with E-state index in [2.05, 4.69) is 10.6 Å². The molecule has 1 atom stereocenters. The molecule has 0 radical (unpaired) electrons. The fourth-order valence-electron chi connectivity index (χ4n) is 3.34. The average Bonchev–Trinajstić information content (AvgIpc) is 3.12. The van der Waals surface area contributed by atoms with Crippen LogP contribution in [0.4, 0.5) is 5.69 Å². The van der Waals surface area contributed by atoms with Gasteiger partial charge < -0.3 is 10.6 Å². The Bertz CT molecular complexity index is 712. The lowest BCUT2D eigenvalue weighted by Crippen LogP contribution is -2.36. The van der Waals surface area contributed by atoms with Crippen LogP contribution in [0.25, 0.3) is 0 Å². The van der Waals surface area contributed by atoms with E-state index in [9.17, 15) is 13.2 Å². The van der Waals surface area contributed by atoms with Crippen molar-refractivity contribution in [2.45, 2.75) is 50.0 Å². The summed E-state index contributed by atoms with van der Waals surface area (Å²) in [6.45, 7) is 3.79. The van der Waals surface area contributed by atoms with E-state index < -0.39 is 10.0 Å². The topological polar surface area (TPSA) is 78.5 Å². The Hall–Kier alpha value is -1.15. The van der Waals surface area contributed by atoms with E-state index in [1.807, 2.05) is 0 Å². The summed E-state index contributed by atoms with van der Waals surface area (Å²) in [7, 11) is -3.50. The first-order valence-corrected chi connectivity index (χ1v) is 10.1. The number of rotatable bonds is 4. The third-order valence-electron chi connectivity index (χ3n) is 4.77. The molecule has 2 saturated heterocycles. The maximum atomic E-state index is 12.9. The van der Waals surface area contributed by atoms with Gasteiger partial charge in [0, 0.05) is 18.8 Å². The van der Waals surface area contributed by atoms with Crippen LogP contribution in [-0.2, 0) is 14.8 Å². The number of piperidine rings is 1. The summed E-state index contributed by atoms with van der Waals surface area (Å²) in [5.74, 6) is -0.0994. The van der Waals surface area contributed by atoms with Crippen LogP contribution >= 0.6 is 12.4 Å². The molecule has 1 aromatic rings. The van der Waals surface area contributed by atoms with Crippen LogP contribution < -0.4 is 10.6 Å². The number of carbonyl (C=O) groups excluding carboxylic acids is 1. The van der Waals surface area contributed by atoms with Crippen molar-refractivity contribution in [1.82, 2.24) is 9.62 Å². The smallest absolute Gasteiger partial charge is 0.243 e. The highest BCUT2D eigenvalue weighted by Crippen LogP contribution is 2.26. The Morgan fingerprint density at radius 3 is 2.56 bits per heavy atom. The number of amides is 1. The molecule has 0 saturated carbocycles. The lowest BCUT2D eigenvalue weighted by Gasteiger charge is -2.26. The number of hydrogen-bond donors (Lipinski definition) is 2. The van der Waals surface area contributed by atoms with Gasteiger partial charge in [0.05, 0.1) is 10.9 Å². The van der Waals surface area contributed by atoms with Gasteiger partial charge in [-0.2, -0.15) is 4.31 Å². The molecule has 1 amide bonds. The second-order valence-corrected chi connectivity index (χ2v) is 8.49. The summed E-state index contributed by atoms with van der Waals surface area (Å²) in [6, 6.07) is 4.92. The summed E-state index contributed by atoms with van der Waals surface area (Å²) < 4.78 is 27.4. The van der Waals surface area contributed by atoms with Gasteiger partial charge in [0.2, 0.25) is 15.9 Å². The normalized spacial score (nSPS) is 21.6. The number of halogens is 1. The van der Waals surface area contributed by atoms with E-state index in [0.29, 0.717) is 29.2 Å². The van der Waals surface area contributed by atoms with Crippen LogP contribution in [0.5, 0.6) is 0 Å². The third-order valence-corrected chi connectivity index (χ3v) is 6.81. The average molecular weight is 388 g/mol. The minimum absolute atomic E-state index is 0. The van der Waals surface area contributed by atoms with Crippen LogP contribution in [0.15, 0.2) is 23.1 Å². The Morgan fingerprint density at radius 2 is 1.92 bits per heavy atom. The molecule has 0 spiro atoms. The third kappa shape index (κ3) is 4.53. The van der Waals surface area contributed by atoms with Crippen LogP contribution in [0, 0.1) is 6.92 Å². The van der Waals surface area contributed by atoms with Gasteiger partial charge in [0.25, 0.3) is 0 Å². The largest absolute Gasteiger partial charge is 0.325 e. The summed E-state index contributed by atoms with van der Waals surface area (Å²) >= 11 is 0. The minimum Gasteiger partial charge on any atom is -0.325 e. The van der Waals surface area contributed by atoms with E-state index in [0.717, 1.165) is 38.6 Å². The lowest BCUT2D eigenvalue weighted by atomic mass is 10.2. The quantitative estimate of drug-likeness (QED) is 0.830. The predicted molar refractivity (Wildman–Crippen MR) is 101 cm³/mol. The first-order chi connectivity index (χ1) is 11.5. The van der Waals surface area contributed by atoms with Crippen LogP contribution in [0.2, 0.25) is 0 Å². The van der Waals surface area contributed by atoms with E-state index in [-0.39, 0.29) is 24.4 Å². The molecule has 140 valence electrons. The first-order valence-electron chi connectivity index (χ1n) is 8.63. The standard InChI is InChI=1S/C17H25N3O3S.ClH/c1-13-7-8-14(19-17(21)15-6-5-9-18-15)12-16(13)24(22,23)20-10-3-2-4-11-20;/h7-8,12,15,18H,2-6,9-11H2,1H3,(H,19,21);1H. The van der Waals surface area contributed by atoms with Gasteiger partial charge >= 0.3 is 0 Å². The zero-order valence-corrected chi connectivity index (χ0v) is 16.1. The molecule has 0 bridgehead atoms. The summed E-state index contributed by atoms with van der Waals surface area (Å²) in [6.07, 6.45) is 4.69. The Balaban J connectivity index is 0.00000225. The number of nitrogens with one attached hydrogen (secondary N) is 2. The van der Waals surface area contributed by atoms with Crippen molar-refractivity contribution in [3.8, 4) is 0 Å². The summed E-state index contributed by atoms with van der Waals surface area (Å²) in [5.41, 5.74) is 1.24. The monoisotopic (exact) mass is 387 g/mol. The zero-order chi connectivity index (χ0) is 17.2. The molecular formula is C17H26ClN3O3S. The lowest BCUT2D eigenvalue weighted by molar-refractivity contribution is -0.117. The second-order valence-electron chi connectivity index (χ2n) is 6.58. The van der Waals surface area contributed by atoms with Crippen molar-refractivity contribution in [3.05, 3.63) is 23.8 Å². The molecule has 2 aliphatic rings. The highest BCUT2D eigenvalue weighted by molar-refractivity contribution is 7.89. The second kappa shape index (κ2) is 8.49. The molecule has 0 aromatic heterocycles. The summed E-state index contributed by atoms with van der Waals surface area (Å²) in [4.78, 5) is 12.5. The van der Waals surface area contributed by atoms with Crippen molar-refractivity contribution in [2.24, 2.45) is 0 Å². The van der Waals surface area contributed by atoms with Gasteiger partial charge in [0.15, 0.2) is 0 Å². The first kappa shape index (κ1) is 20.2. The molecule has 3 rings (SSSR count). The van der Waals surface area contributed by atoms with Crippen LogP contribution in [-0.4, -0.2) is 44.3 Å². The fourth-order valence-corrected chi connectivity index (χ4v) is 5.11. The van der Waals surface area contributed by atoms with Crippen molar-refractivity contribution in [3.63, 3.8) is 0 Å². The Kier molecular flexibility index (Phi) is 6.85. The van der Waals surface area contributed by atoms with Gasteiger partial charge in [0.1, 0.15) is 0 Å². The molecule has 2 heterocycles. The number of nitrogens with zero attached hydrogens (tertiary/aromatic N) is 1. The number of hydrogen-bond acceptors (Lipinski definition) is 4. The summed E-state index contributed by atoms with van der Waals surface area (Å²) in [5, 5.41) is 5.99. The Labute approximate surface area is 155 Å². The fraction of sp³-hybridized carbons (Fsp3) is 0.588. The predicted octanol–water partition coefficient (Wildman–Crippen LogP) is 2.28. The number of carbonyl (C=O) groups is 1. The van der Waals surface area contributed by atoms with Gasteiger partial charge in [-0.15, -0.1) is 12.4 Å². The molecule has 2 fully saturated rings. The number of anilines is 1. The molecule has 2 N–H and O–H groups in total. The van der Waals surface area contributed by atoms with Crippen molar-refractivity contribution < 1.29 is 13.2 Å². The molecule has 1 unspecified atom stereocenters. The molecule has 1 aromatic carbocycles. The van der Waals surface area contributed by atoms with E-state index in [4.69, 9.17) is 0 Å². The van der Waals surface area contributed by atoms with Crippen LogP contribution in [0.3, 0.4) is 0 Å². The van der Waals surface area contributed by atoms with Crippen molar-refractivity contribution >= 4 is 34.0 Å². The van der Waals surface area contributed by atoms with E-state index >= 15 is 0 Å². The van der Waals surface area contributed by atoms with Gasteiger partial charge in [-0.1, -0.05) is 12.5 Å². The van der Waals surface area contributed by atoms with E-state index in [1.54, 1.807) is 29.4 Å². The highest BCUT2D eigenvalue weighted by atomic mass is 35.5. The van der Waals surface area contributed by atoms with Gasteiger partial charge in [-0.05, 0) is 56.8 Å². The van der Waals surface area contributed by atoms with Gasteiger partial charge in [-0.3, -0.25) is 4.79 Å². The molecule has 8 heteroatoms. The highest BCUT2D eigenvalue weighted by Gasteiger charge is 2.28. The van der Waals surface area contributed by atoms with Gasteiger partial charge in [-0.25, -0.2) is 8.42 Å². The minimum atomic E-state index is -3.50. The number of sulfonamides is 1. The molecule has 2 aliphatic heterocycles. The zero-order valence-electron chi connectivity index (χ0n) is 14.5. The van der Waals surface area contributed by atoms with Crippen LogP contribution in [0.1, 0.15) is 37.7 Å². The molecular weight excluding hydrogens is 362 g/mol. The molecule has 0 aliphatic carbocycles. The number of benzene rings is 1. The van der Waals surface area contributed by atoms with Crippen molar-refractivity contribution in [1.29, 1.82) is 0 Å². The number of aryl methyl sites for hydroxylation is 1. The molecule has 25 heavy (non-hydrogen) atoms. The SMILES string of the molecule is Cc1ccc(NC(=O)C2CCCN2)cc1S(=O)(=O)N1CCCCC1.Cl. The Morgan fingerprint density at radius 1 is 1.20 bits per heavy atom. The maximum absolute atomic E-state index is 12.9. The molecule has 6 nitrogen and oxygen atoms in total. The van der Waals surface area contributed by atoms with E-state index in [1.165, 1.54) is 0 Å². The maximum Gasteiger partial charge on any atom is 0.243 e.